The Bertz CT molecular complexity index is 368. The third-order valence-corrected chi connectivity index (χ3v) is 9.21. The lowest BCUT2D eigenvalue weighted by Gasteiger charge is -2.05. The van der Waals surface area contributed by atoms with Crippen LogP contribution in [-0.2, 0) is 0 Å². The first-order chi connectivity index (χ1) is 19.9. The molecule has 0 amide bonds. The van der Waals surface area contributed by atoms with Gasteiger partial charge in [-0.1, -0.05) is 232 Å². The standard InChI is InChI=1S/C39H81N/c1-3-5-6-7-8-9-10-11-12-13-14-15-16-17-18-19-20-21-22-23-24-25-26-27-28-29-30-31-32-33-34-35-36-37-38-39-40-4-2/h40H,3-39H2,1-2H3. The van der Waals surface area contributed by atoms with Crippen LogP contribution in [0.4, 0.5) is 0 Å². The van der Waals surface area contributed by atoms with Crippen LogP contribution >= 0.6 is 0 Å². The zero-order chi connectivity index (χ0) is 28.9. The Balaban J connectivity index is 3.01. The lowest BCUT2D eigenvalue weighted by Crippen LogP contribution is -2.13. The lowest BCUT2D eigenvalue weighted by atomic mass is 10.0. The molecule has 0 saturated heterocycles. The Morgan fingerprint density at radius 3 is 0.575 bits per heavy atom. The lowest BCUT2D eigenvalue weighted by molar-refractivity contribution is 0.510. The molecule has 0 radical (unpaired) electrons. The Kier molecular flexibility index (Phi) is 38.9. The zero-order valence-corrected chi connectivity index (χ0v) is 28.7. The maximum absolute atomic E-state index is 3.42. The molecule has 0 atom stereocenters. The minimum atomic E-state index is 1.12. The highest BCUT2D eigenvalue weighted by Gasteiger charge is 1.97. The fraction of sp³-hybridized carbons (Fsp3) is 1.00. The zero-order valence-electron chi connectivity index (χ0n) is 28.7. The third kappa shape index (κ3) is 38.0. The molecule has 0 fully saturated rings. The topological polar surface area (TPSA) is 12.0 Å². The predicted molar refractivity (Wildman–Crippen MR) is 186 cm³/mol. The third-order valence-electron chi connectivity index (χ3n) is 9.21. The summed E-state index contributed by atoms with van der Waals surface area (Å²) in [5.74, 6) is 0. The molecular weight excluding hydrogens is 482 g/mol. The molecule has 0 spiro atoms. The summed E-state index contributed by atoms with van der Waals surface area (Å²) in [6, 6.07) is 0. The van der Waals surface area contributed by atoms with Crippen molar-refractivity contribution in [2.24, 2.45) is 0 Å². The Hall–Kier alpha value is -0.0400. The Morgan fingerprint density at radius 2 is 0.400 bits per heavy atom. The SMILES string of the molecule is CCCCCCCCCCCCCCCCCCCCCCCCCCCCCCCCCCCCCNCC. The molecule has 1 heteroatoms. The van der Waals surface area contributed by atoms with Crippen molar-refractivity contribution in [1.82, 2.24) is 5.32 Å². The van der Waals surface area contributed by atoms with Crippen LogP contribution in [0.15, 0.2) is 0 Å². The van der Waals surface area contributed by atoms with Gasteiger partial charge in [-0.25, -0.2) is 0 Å². The van der Waals surface area contributed by atoms with Gasteiger partial charge < -0.3 is 5.32 Å². The van der Waals surface area contributed by atoms with Crippen LogP contribution in [0.25, 0.3) is 0 Å². The molecule has 0 aliphatic heterocycles. The highest BCUT2D eigenvalue weighted by Crippen LogP contribution is 2.17. The van der Waals surface area contributed by atoms with Gasteiger partial charge in [-0.15, -0.1) is 0 Å². The number of rotatable bonds is 37. The van der Waals surface area contributed by atoms with Crippen LogP contribution < -0.4 is 5.32 Å². The van der Waals surface area contributed by atoms with Gasteiger partial charge in [0.25, 0.3) is 0 Å². The van der Waals surface area contributed by atoms with E-state index in [4.69, 9.17) is 0 Å². The second-order valence-corrected chi connectivity index (χ2v) is 13.4. The average Bonchev–Trinajstić information content (AvgIpc) is 2.97. The molecule has 0 unspecified atom stereocenters. The van der Waals surface area contributed by atoms with Crippen molar-refractivity contribution in [3.8, 4) is 0 Å². The summed E-state index contributed by atoms with van der Waals surface area (Å²) < 4.78 is 0. The maximum atomic E-state index is 3.42. The van der Waals surface area contributed by atoms with Crippen molar-refractivity contribution in [2.75, 3.05) is 13.1 Å². The molecule has 40 heavy (non-hydrogen) atoms. The molecular formula is C39H81N. The van der Waals surface area contributed by atoms with Crippen LogP contribution in [0.5, 0.6) is 0 Å². The summed E-state index contributed by atoms with van der Waals surface area (Å²) in [6.07, 6.45) is 51.7. The van der Waals surface area contributed by atoms with Gasteiger partial charge in [0.15, 0.2) is 0 Å². The summed E-state index contributed by atoms with van der Waals surface area (Å²) in [5, 5.41) is 3.42. The van der Waals surface area contributed by atoms with E-state index in [9.17, 15) is 0 Å². The van der Waals surface area contributed by atoms with Gasteiger partial charge in [-0.05, 0) is 19.5 Å². The molecule has 0 saturated carbocycles. The minimum absolute atomic E-state index is 1.12. The monoisotopic (exact) mass is 564 g/mol. The van der Waals surface area contributed by atoms with E-state index in [1.807, 2.05) is 0 Å². The van der Waals surface area contributed by atoms with Crippen LogP contribution in [0.2, 0.25) is 0 Å². The predicted octanol–water partition coefficient (Wildman–Crippen LogP) is 14.3. The van der Waals surface area contributed by atoms with E-state index < -0.39 is 0 Å². The van der Waals surface area contributed by atoms with E-state index in [-0.39, 0.29) is 0 Å². The van der Waals surface area contributed by atoms with Gasteiger partial charge in [0, 0.05) is 0 Å². The van der Waals surface area contributed by atoms with Crippen molar-refractivity contribution in [1.29, 1.82) is 0 Å². The first-order valence-electron chi connectivity index (χ1n) is 19.6. The number of nitrogens with one attached hydrogen (secondary N) is 1. The Morgan fingerprint density at radius 1 is 0.225 bits per heavy atom. The smallest absolute Gasteiger partial charge is 0.00490 e. The van der Waals surface area contributed by atoms with Crippen molar-refractivity contribution in [2.45, 2.75) is 239 Å². The summed E-state index contributed by atoms with van der Waals surface area (Å²) in [6.45, 7) is 6.85. The molecule has 1 nitrogen and oxygen atoms in total. The van der Waals surface area contributed by atoms with Crippen molar-refractivity contribution in [3.05, 3.63) is 0 Å². The van der Waals surface area contributed by atoms with Gasteiger partial charge in [-0.2, -0.15) is 0 Å². The summed E-state index contributed by atoms with van der Waals surface area (Å²) in [7, 11) is 0. The van der Waals surface area contributed by atoms with Gasteiger partial charge >= 0.3 is 0 Å². The normalized spacial score (nSPS) is 11.6. The second-order valence-electron chi connectivity index (χ2n) is 13.4. The fourth-order valence-electron chi connectivity index (χ4n) is 6.33. The van der Waals surface area contributed by atoms with Gasteiger partial charge in [0.05, 0.1) is 0 Å². The molecule has 0 aromatic heterocycles. The molecule has 0 bridgehead atoms. The second kappa shape index (κ2) is 39.0. The number of unbranched alkanes of at least 4 members (excludes halogenated alkanes) is 34. The molecule has 0 rings (SSSR count). The summed E-state index contributed by atoms with van der Waals surface area (Å²) >= 11 is 0. The van der Waals surface area contributed by atoms with Crippen LogP contribution in [0.1, 0.15) is 239 Å². The molecule has 0 aliphatic carbocycles. The first-order valence-corrected chi connectivity index (χ1v) is 19.6. The molecule has 0 aliphatic rings. The average molecular weight is 564 g/mol. The highest BCUT2D eigenvalue weighted by molar-refractivity contribution is 4.53. The van der Waals surface area contributed by atoms with Crippen molar-refractivity contribution >= 4 is 0 Å². The van der Waals surface area contributed by atoms with Gasteiger partial charge in [-0.3, -0.25) is 0 Å². The van der Waals surface area contributed by atoms with E-state index in [0.29, 0.717) is 0 Å². The molecule has 0 aromatic carbocycles. The maximum Gasteiger partial charge on any atom is -0.00490 e. The van der Waals surface area contributed by atoms with Crippen molar-refractivity contribution in [3.63, 3.8) is 0 Å². The van der Waals surface area contributed by atoms with E-state index in [0.717, 1.165) is 6.54 Å². The molecule has 1 N–H and O–H groups in total. The van der Waals surface area contributed by atoms with E-state index in [2.05, 4.69) is 19.2 Å². The molecule has 242 valence electrons. The van der Waals surface area contributed by atoms with Crippen LogP contribution in [-0.4, -0.2) is 13.1 Å². The van der Waals surface area contributed by atoms with Crippen LogP contribution in [0, 0.1) is 0 Å². The quantitative estimate of drug-likeness (QED) is 0.0741. The molecule has 0 heterocycles. The fourth-order valence-corrected chi connectivity index (χ4v) is 6.33. The minimum Gasteiger partial charge on any atom is -0.317 e. The number of hydrogen-bond acceptors (Lipinski definition) is 1. The summed E-state index contributed by atoms with van der Waals surface area (Å²) in [5.41, 5.74) is 0. The highest BCUT2D eigenvalue weighted by atomic mass is 14.8. The van der Waals surface area contributed by atoms with Gasteiger partial charge in [0.2, 0.25) is 0 Å². The van der Waals surface area contributed by atoms with Crippen molar-refractivity contribution < 1.29 is 0 Å². The first kappa shape index (κ1) is 40.0. The summed E-state index contributed by atoms with van der Waals surface area (Å²) in [4.78, 5) is 0. The van der Waals surface area contributed by atoms with E-state index in [1.165, 1.54) is 231 Å². The largest absolute Gasteiger partial charge is 0.317 e. The van der Waals surface area contributed by atoms with E-state index >= 15 is 0 Å². The molecule has 0 aromatic rings. The van der Waals surface area contributed by atoms with E-state index in [1.54, 1.807) is 0 Å². The van der Waals surface area contributed by atoms with Crippen LogP contribution in [0.3, 0.4) is 0 Å². The Labute approximate surface area is 256 Å². The van der Waals surface area contributed by atoms with Gasteiger partial charge in [0.1, 0.15) is 0 Å². The number of hydrogen-bond donors (Lipinski definition) is 1.